The molecule has 0 fully saturated rings. The quantitative estimate of drug-likeness (QED) is 0.817. The van der Waals surface area contributed by atoms with E-state index >= 15 is 0 Å². The zero-order valence-electron chi connectivity index (χ0n) is 10.9. The van der Waals surface area contributed by atoms with E-state index in [0.717, 1.165) is 9.35 Å². The van der Waals surface area contributed by atoms with Crippen LogP contribution >= 0.6 is 27.3 Å². The average Bonchev–Trinajstić information content (AvgIpc) is 2.77. The Hall–Kier alpha value is -0.890. The van der Waals surface area contributed by atoms with Gasteiger partial charge in [-0.1, -0.05) is 18.2 Å². The molecular weight excluding hydrogens is 360 g/mol. The molecule has 1 aromatic carbocycles. The van der Waals surface area contributed by atoms with Gasteiger partial charge in [-0.05, 0) is 33.6 Å². The molecule has 108 valence electrons. The Balaban J connectivity index is 2.12. The molecule has 0 aliphatic rings. The molecule has 0 atom stereocenters. The van der Waals surface area contributed by atoms with E-state index in [4.69, 9.17) is 5.73 Å². The van der Waals surface area contributed by atoms with Crippen molar-refractivity contribution in [1.82, 2.24) is 4.31 Å². The number of nitrogen functional groups attached to an aromatic ring is 1. The van der Waals surface area contributed by atoms with Crippen LogP contribution in [0.5, 0.6) is 0 Å². The van der Waals surface area contributed by atoms with Crippen LogP contribution in [-0.4, -0.2) is 19.8 Å². The van der Waals surface area contributed by atoms with Crippen LogP contribution in [-0.2, 0) is 22.3 Å². The Labute approximate surface area is 131 Å². The molecule has 1 aromatic heterocycles. The smallest absolute Gasteiger partial charge is 0.218 e. The number of halogens is 1. The summed E-state index contributed by atoms with van der Waals surface area (Å²) in [5.74, 6) is -0.0806. The molecule has 0 aliphatic carbocycles. The van der Waals surface area contributed by atoms with Crippen molar-refractivity contribution >= 4 is 43.0 Å². The van der Waals surface area contributed by atoms with Gasteiger partial charge in [0.05, 0.1) is 5.75 Å². The van der Waals surface area contributed by atoms with Gasteiger partial charge in [-0.25, -0.2) is 8.42 Å². The highest BCUT2D eigenvalue weighted by Gasteiger charge is 2.20. The van der Waals surface area contributed by atoms with Crippen molar-refractivity contribution in [2.24, 2.45) is 0 Å². The zero-order valence-corrected chi connectivity index (χ0v) is 14.1. The second-order valence-corrected chi connectivity index (χ2v) is 8.43. The van der Waals surface area contributed by atoms with Crippen molar-refractivity contribution in [1.29, 1.82) is 0 Å². The molecule has 0 saturated carbocycles. The van der Waals surface area contributed by atoms with Crippen molar-refractivity contribution in [2.45, 2.75) is 12.3 Å². The minimum Gasteiger partial charge on any atom is -0.398 e. The Bertz CT molecular complexity index is 698. The van der Waals surface area contributed by atoms with Gasteiger partial charge < -0.3 is 5.73 Å². The van der Waals surface area contributed by atoms with Crippen LogP contribution in [0.4, 0.5) is 5.69 Å². The summed E-state index contributed by atoms with van der Waals surface area (Å²) in [7, 11) is -1.79. The molecule has 0 radical (unpaired) electrons. The third kappa shape index (κ3) is 3.82. The molecule has 0 bridgehead atoms. The maximum Gasteiger partial charge on any atom is 0.218 e. The SMILES string of the molecule is CN(Cc1cc(Br)cs1)S(=O)(=O)Cc1ccccc1N. The van der Waals surface area contributed by atoms with Gasteiger partial charge in [0.1, 0.15) is 0 Å². The second-order valence-electron chi connectivity index (χ2n) is 4.44. The third-order valence-electron chi connectivity index (χ3n) is 2.87. The molecule has 7 heteroatoms. The Morgan fingerprint density at radius 2 is 2.05 bits per heavy atom. The van der Waals surface area contributed by atoms with Crippen LogP contribution in [0.15, 0.2) is 40.2 Å². The summed E-state index contributed by atoms with van der Waals surface area (Å²) in [4.78, 5) is 0.990. The first-order chi connectivity index (χ1) is 9.38. The zero-order chi connectivity index (χ0) is 14.8. The van der Waals surface area contributed by atoms with Crippen LogP contribution in [0, 0.1) is 0 Å². The lowest BCUT2D eigenvalue weighted by atomic mass is 10.2. The summed E-state index contributed by atoms with van der Waals surface area (Å²) >= 11 is 4.89. The van der Waals surface area contributed by atoms with Gasteiger partial charge in [0, 0.05) is 34.0 Å². The molecule has 0 saturated heterocycles. The van der Waals surface area contributed by atoms with Crippen LogP contribution in [0.25, 0.3) is 0 Å². The molecule has 0 spiro atoms. The van der Waals surface area contributed by atoms with E-state index in [9.17, 15) is 8.42 Å². The second kappa shape index (κ2) is 6.26. The van der Waals surface area contributed by atoms with Crippen LogP contribution in [0.3, 0.4) is 0 Å². The molecule has 20 heavy (non-hydrogen) atoms. The van der Waals surface area contributed by atoms with Crippen LogP contribution < -0.4 is 5.73 Å². The lowest BCUT2D eigenvalue weighted by Gasteiger charge is -2.17. The summed E-state index contributed by atoms with van der Waals surface area (Å²) in [5.41, 5.74) is 6.93. The highest BCUT2D eigenvalue weighted by molar-refractivity contribution is 9.10. The third-order valence-corrected chi connectivity index (χ3v) is 6.31. The van der Waals surface area contributed by atoms with Gasteiger partial charge in [0.25, 0.3) is 0 Å². The van der Waals surface area contributed by atoms with Gasteiger partial charge in [-0.3, -0.25) is 0 Å². The monoisotopic (exact) mass is 374 g/mol. The molecule has 2 rings (SSSR count). The van der Waals surface area contributed by atoms with Crippen molar-refractivity contribution in [3.8, 4) is 0 Å². The average molecular weight is 375 g/mol. The minimum atomic E-state index is -3.38. The molecule has 1 heterocycles. The van der Waals surface area contributed by atoms with Gasteiger partial charge in [0.2, 0.25) is 10.0 Å². The highest BCUT2D eigenvalue weighted by Crippen LogP contribution is 2.23. The fourth-order valence-corrected chi connectivity index (χ4v) is 4.52. The minimum absolute atomic E-state index is 0.0806. The van der Waals surface area contributed by atoms with Crippen LogP contribution in [0.1, 0.15) is 10.4 Å². The first-order valence-corrected chi connectivity index (χ1v) is 9.17. The van der Waals surface area contributed by atoms with E-state index in [0.29, 0.717) is 17.8 Å². The number of anilines is 1. The van der Waals surface area contributed by atoms with E-state index in [1.54, 1.807) is 31.3 Å². The summed E-state index contributed by atoms with van der Waals surface area (Å²) in [6, 6.07) is 8.95. The summed E-state index contributed by atoms with van der Waals surface area (Å²) in [5, 5.41) is 1.94. The Morgan fingerprint density at radius 3 is 2.65 bits per heavy atom. The molecule has 0 amide bonds. The lowest BCUT2D eigenvalue weighted by molar-refractivity contribution is 0.469. The van der Waals surface area contributed by atoms with E-state index in [-0.39, 0.29) is 5.75 Å². The highest BCUT2D eigenvalue weighted by atomic mass is 79.9. The summed E-state index contributed by atoms with van der Waals surface area (Å²) < 4.78 is 27.0. The maximum absolute atomic E-state index is 12.3. The number of rotatable bonds is 5. The molecular formula is C13H15BrN2O2S2. The predicted molar refractivity (Wildman–Crippen MR) is 87.0 cm³/mol. The van der Waals surface area contributed by atoms with Gasteiger partial charge in [-0.2, -0.15) is 4.31 Å². The molecule has 2 N–H and O–H groups in total. The molecule has 0 unspecified atom stereocenters. The van der Waals surface area contributed by atoms with Crippen molar-refractivity contribution in [3.63, 3.8) is 0 Å². The summed E-state index contributed by atoms with van der Waals surface area (Å²) in [6.07, 6.45) is 0. The number of benzene rings is 1. The lowest BCUT2D eigenvalue weighted by Crippen LogP contribution is -2.27. The number of hydrogen-bond donors (Lipinski definition) is 1. The van der Waals surface area contributed by atoms with Gasteiger partial charge in [-0.15, -0.1) is 11.3 Å². The number of nitrogens with two attached hydrogens (primary N) is 1. The van der Waals surface area contributed by atoms with Crippen molar-refractivity contribution in [3.05, 3.63) is 50.6 Å². The number of thiophene rings is 1. The summed E-state index contributed by atoms with van der Waals surface area (Å²) in [6.45, 7) is 0.366. The van der Waals surface area contributed by atoms with E-state index in [2.05, 4.69) is 15.9 Å². The maximum atomic E-state index is 12.3. The van der Waals surface area contributed by atoms with Crippen LogP contribution in [0.2, 0.25) is 0 Å². The molecule has 0 aliphatic heterocycles. The standard InChI is InChI=1S/C13H15BrN2O2S2/c1-16(7-12-6-11(14)8-19-12)20(17,18)9-10-4-2-3-5-13(10)15/h2-6,8H,7,9,15H2,1H3. The van der Waals surface area contributed by atoms with E-state index in [1.165, 1.54) is 15.6 Å². The fourth-order valence-electron chi connectivity index (χ4n) is 1.73. The van der Waals surface area contributed by atoms with Gasteiger partial charge in [0.15, 0.2) is 0 Å². The topological polar surface area (TPSA) is 63.4 Å². The molecule has 2 aromatic rings. The Kier molecular flexibility index (Phi) is 4.85. The fraction of sp³-hybridized carbons (Fsp3) is 0.231. The van der Waals surface area contributed by atoms with E-state index in [1.807, 2.05) is 11.4 Å². The first kappa shape index (κ1) is 15.5. The largest absolute Gasteiger partial charge is 0.398 e. The number of para-hydroxylation sites is 1. The first-order valence-electron chi connectivity index (χ1n) is 5.89. The normalized spacial score (nSPS) is 11.9. The van der Waals surface area contributed by atoms with Crippen molar-refractivity contribution < 1.29 is 8.42 Å². The predicted octanol–water partition coefficient (Wildman–Crippen LogP) is 3.05. The Morgan fingerprint density at radius 1 is 1.35 bits per heavy atom. The molecule has 4 nitrogen and oxygen atoms in total. The van der Waals surface area contributed by atoms with E-state index < -0.39 is 10.0 Å². The van der Waals surface area contributed by atoms with Crippen molar-refractivity contribution in [2.75, 3.05) is 12.8 Å². The number of sulfonamides is 1. The number of nitrogens with zero attached hydrogens (tertiary/aromatic N) is 1. The van der Waals surface area contributed by atoms with Gasteiger partial charge >= 0.3 is 0 Å². The number of hydrogen-bond acceptors (Lipinski definition) is 4.